The Morgan fingerprint density at radius 3 is 1.42 bits per heavy atom. The summed E-state index contributed by atoms with van der Waals surface area (Å²) in [7, 11) is -1.73. The molecule has 0 fully saturated rings. The average molecular weight is 212 g/mol. The lowest BCUT2D eigenvalue weighted by Gasteiger charge is -2.22. The molecule has 0 aliphatic rings. The van der Waals surface area contributed by atoms with E-state index in [4.69, 9.17) is 0 Å². The third-order valence-electron chi connectivity index (χ3n) is 0.928. The van der Waals surface area contributed by atoms with Crippen molar-refractivity contribution < 1.29 is 30.8 Å². The lowest BCUT2D eigenvalue weighted by atomic mass is 10.3. The summed E-state index contributed by atoms with van der Waals surface area (Å²) in [5, 5.41) is 0. The number of rotatable bonds is 2. The summed E-state index contributed by atoms with van der Waals surface area (Å²) >= 11 is 0. The van der Waals surface area contributed by atoms with E-state index in [1.54, 1.807) is 0 Å². The average Bonchev–Trinajstić information content (AvgIpc) is 1.77. The van der Waals surface area contributed by atoms with Crippen LogP contribution in [0.4, 0.5) is 26.3 Å². The van der Waals surface area contributed by atoms with Gasteiger partial charge in [0.25, 0.3) is 0 Å². The Morgan fingerprint density at radius 2 is 1.33 bits per heavy atom. The van der Waals surface area contributed by atoms with Crippen LogP contribution in [0.2, 0.25) is 6.55 Å². The van der Waals surface area contributed by atoms with Crippen molar-refractivity contribution in [3.63, 3.8) is 0 Å². The van der Waals surface area contributed by atoms with Crippen LogP contribution in [-0.2, 0) is 4.43 Å². The molecule has 12 heavy (non-hydrogen) atoms. The maximum atomic E-state index is 11.6. The Bertz CT molecular complexity index is 125. The summed E-state index contributed by atoms with van der Waals surface area (Å²) in [6, 6.07) is 0. The summed E-state index contributed by atoms with van der Waals surface area (Å²) in [5.41, 5.74) is 0. The van der Waals surface area contributed by atoms with Crippen molar-refractivity contribution in [3.05, 3.63) is 0 Å². The van der Waals surface area contributed by atoms with Gasteiger partial charge in [-0.3, -0.25) is 0 Å². The quantitative estimate of drug-likeness (QED) is 0.499. The zero-order valence-corrected chi connectivity index (χ0v) is 7.37. The summed E-state index contributed by atoms with van der Waals surface area (Å²) in [4.78, 5) is 0. The van der Waals surface area contributed by atoms with Crippen molar-refractivity contribution in [3.8, 4) is 0 Å². The molecule has 0 bridgehead atoms. The molecule has 0 aromatic carbocycles. The third-order valence-corrected chi connectivity index (χ3v) is 1.59. The molecule has 0 saturated carbocycles. The standard InChI is InChI=1S/C4H6F6OSi/c1-12-11-2(3(5,6)7)4(8,9)10/h2H,12H2,1H3. The molecule has 1 nitrogen and oxygen atoms in total. The SMILES string of the molecule is C[SiH2]OC(C(F)(F)F)C(F)(F)F. The summed E-state index contributed by atoms with van der Waals surface area (Å²) in [6.07, 6.45) is -14.3. The van der Waals surface area contributed by atoms with Gasteiger partial charge in [-0.25, -0.2) is 0 Å². The molecule has 0 amide bonds. The van der Waals surface area contributed by atoms with Gasteiger partial charge in [0.2, 0.25) is 6.10 Å². The van der Waals surface area contributed by atoms with Crippen molar-refractivity contribution in [2.24, 2.45) is 0 Å². The first-order valence-electron chi connectivity index (χ1n) is 2.94. The van der Waals surface area contributed by atoms with Crippen LogP contribution in [0.1, 0.15) is 0 Å². The van der Waals surface area contributed by atoms with Gasteiger partial charge in [-0.2, -0.15) is 26.3 Å². The van der Waals surface area contributed by atoms with E-state index in [1.807, 2.05) is 0 Å². The zero-order valence-electron chi connectivity index (χ0n) is 5.96. The topological polar surface area (TPSA) is 9.23 Å². The Hall–Kier alpha value is -0.243. The van der Waals surface area contributed by atoms with Gasteiger partial charge in [-0.05, 0) is 0 Å². The molecule has 0 spiro atoms. The van der Waals surface area contributed by atoms with Crippen LogP contribution in [0, 0.1) is 0 Å². The molecular formula is C4H6F6OSi. The monoisotopic (exact) mass is 212 g/mol. The van der Waals surface area contributed by atoms with E-state index in [9.17, 15) is 26.3 Å². The molecule has 74 valence electrons. The van der Waals surface area contributed by atoms with Gasteiger partial charge in [-0.1, -0.05) is 6.55 Å². The maximum absolute atomic E-state index is 11.6. The van der Waals surface area contributed by atoms with Crippen LogP contribution < -0.4 is 0 Å². The van der Waals surface area contributed by atoms with Crippen LogP contribution in [0.5, 0.6) is 0 Å². The first-order valence-corrected chi connectivity index (χ1v) is 4.93. The van der Waals surface area contributed by atoms with Crippen molar-refractivity contribution in [1.29, 1.82) is 0 Å². The molecule has 0 aromatic heterocycles. The fourth-order valence-corrected chi connectivity index (χ4v) is 1.25. The van der Waals surface area contributed by atoms with E-state index in [0.717, 1.165) is 0 Å². The second-order valence-corrected chi connectivity index (χ2v) is 2.83. The second kappa shape index (κ2) is 3.65. The minimum Gasteiger partial charge on any atom is -0.406 e. The van der Waals surface area contributed by atoms with Gasteiger partial charge in [0.05, 0.1) is 0 Å². The highest BCUT2D eigenvalue weighted by molar-refractivity contribution is 6.24. The maximum Gasteiger partial charge on any atom is 0.422 e. The molecule has 0 N–H and O–H groups in total. The molecule has 0 aliphatic carbocycles. The predicted octanol–water partition coefficient (Wildman–Crippen LogP) is 1.63. The highest BCUT2D eigenvalue weighted by Crippen LogP contribution is 2.35. The minimum absolute atomic E-state index is 1.20. The molecule has 8 heteroatoms. The fourth-order valence-electron chi connectivity index (χ4n) is 0.541. The molecule has 0 heterocycles. The van der Waals surface area contributed by atoms with Gasteiger partial charge in [-0.15, -0.1) is 0 Å². The van der Waals surface area contributed by atoms with Gasteiger partial charge in [0, 0.05) is 0 Å². The smallest absolute Gasteiger partial charge is 0.406 e. The van der Waals surface area contributed by atoms with E-state index >= 15 is 0 Å². The van der Waals surface area contributed by atoms with Crippen molar-refractivity contribution in [2.75, 3.05) is 0 Å². The number of halogens is 6. The van der Waals surface area contributed by atoms with Crippen molar-refractivity contribution in [1.82, 2.24) is 0 Å². The molecular weight excluding hydrogens is 206 g/mol. The Morgan fingerprint density at radius 1 is 1.00 bits per heavy atom. The van der Waals surface area contributed by atoms with Crippen LogP contribution >= 0.6 is 0 Å². The van der Waals surface area contributed by atoms with E-state index in [0.29, 0.717) is 0 Å². The number of hydrogen-bond acceptors (Lipinski definition) is 1. The minimum atomic E-state index is -5.36. The van der Waals surface area contributed by atoms with Crippen LogP contribution in [0.15, 0.2) is 0 Å². The highest BCUT2D eigenvalue weighted by Gasteiger charge is 2.57. The molecule has 0 aliphatic heterocycles. The normalized spacial score (nSPS) is 15.0. The molecule has 0 saturated heterocycles. The first-order chi connectivity index (χ1) is 5.19. The van der Waals surface area contributed by atoms with Crippen LogP contribution in [-0.4, -0.2) is 28.2 Å². The molecule has 0 radical (unpaired) electrons. The second-order valence-electron chi connectivity index (χ2n) is 1.92. The number of hydrogen-bond donors (Lipinski definition) is 0. The van der Waals surface area contributed by atoms with Gasteiger partial charge < -0.3 is 4.43 Å². The molecule has 0 atom stereocenters. The summed E-state index contributed by atoms with van der Waals surface area (Å²) in [6.45, 7) is 1.20. The zero-order chi connectivity index (χ0) is 9.99. The first kappa shape index (κ1) is 11.8. The molecule has 0 unspecified atom stereocenters. The van der Waals surface area contributed by atoms with Crippen molar-refractivity contribution in [2.45, 2.75) is 25.0 Å². The Labute approximate surface area is 66.6 Å². The van der Waals surface area contributed by atoms with E-state index in [1.165, 1.54) is 6.55 Å². The van der Waals surface area contributed by atoms with Crippen molar-refractivity contribution >= 4 is 9.76 Å². The van der Waals surface area contributed by atoms with Gasteiger partial charge >= 0.3 is 12.4 Å². The predicted molar refractivity (Wildman–Crippen MR) is 31.4 cm³/mol. The summed E-state index contributed by atoms with van der Waals surface area (Å²) in [5.74, 6) is 0. The van der Waals surface area contributed by atoms with Crippen LogP contribution in [0.25, 0.3) is 0 Å². The van der Waals surface area contributed by atoms with E-state index in [-0.39, 0.29) is 0 Å². The summed E-state index contributed by atoms with van der Waals surface area (Å²) < 4.78 is 73.1. The van der Waals surface area contributed by atoms with E-state index in [2.05, 4.69) is 4.43 Å². The van der Waals surface area contributed by atoms with Gasteiger partial charge in [0.15, 0.2) is 9.76 Å². The lowest BCUT2D eigenvalue weighted by Crippen LogP contribution is -2.44. The fraction of sp³-hybridized carbons (Fsp3) is 1.00. The van der Waals surface area contributed by atoms with Crippen LogP contribution in [0.3, 0.4) is 0 Å². The third kappa shape index (κ3) is 3.44. The molecule has 0 rings (SSSR count). The van der Waals surface area contributed by atoms with E-state index < -0.39 is 28.2 Å². The highest BCUT2D eigenvalue weighted by atomic mass is 28.2. The Balaban J connectivity index is 4.45. The Kier molecular flexibility index (Phi) is 3.57. The van der Waals surface area contributed by atoms with Gasteiger partial charge in [0.1, 0.15) is 0 Å². The molecule has 0 aromatic rings. The lowest BCUT2D eigenvalue weighted by molar-refractivity contribution is -0.300. The largest absolute Gasteiger partial charge is 0.422 e. The number of alkyl halides is 6.